The Morgan fingerprint density at radius 3 is 2.38 bits per heavy atom. The lowest BCUT2D eigenvalue weighted by atomic mass is 10.0. The summed E-state index contributed by atoms with van der Waals surface area (Å²) in [5.74, 6) is 0.690. The second kappa shape index (κ2) is 8.16. The molecular weight excluding hydrogens is 453 g/mol. The molecule has 1 saturated carbocycles. The van der Waals surface area contributed by atoms with E-state index < -0.39 is 15.3 Å². The minimum Gasteiger partial charge on any atom is -0.368 e. The lowest BCUT2D eigenvalue weighted by Gasteiger charge is -2.37. The number of nitrogens with zero attached hydrogens (tertiary/aromatic N) is 5. The van der Waals surface area contributed by atoms with E-state index in [2.05, 4.69) is 19.7 Å². The first kappa shape index (κ1) is 21.7. The average Bonchev–Trinajstić information content (AvgIpc) is 3.19. The third kappa shape index (κ3) is 3.62. The number of rotatable bonds is 5. The fourth-order valence-corrected chi connectivity index (χ4v) is 8.13. The summed E-state index contributed by atoms with van der Waals surface area (Å²) in [6, 6.07) is 14.9. The summed E-state index contributed by atoms with van der Waals surface area (Å²) in [4.78, 5) is 2.10. The van der Waals surface area contributed by atoms with Gasteiger partial charge in [0, 0.05) is 43.6 Å². The number of hydrogen-bond acceptors (Lipinski definition) is 5. The molecule has 178 valence electrons. The van der Waals surface area contributed by atoms with Gasteiger partial charge in [0.05, 0.1) is 5.69 Å². The quantitative estimate of drug-likeness (QED) is 0.555. The number of aromatic nitrogens is 3. The highest BCUT2D eigenvalue weighted by atomic mass is 32.2. The Morgan fingerprint density at radius 1 is 1.00 bits per heavy atom. The van der Waals surface area contributed by atoms with Crippen molar-refractivity contribution in [2.45, 2.75) is 43.6 Å². The molecular formula is C25H28FN5O2S. The first-order valence-corrected chi connectivity index (χ1v) is 13.4. The van der Waals surface area contributed by atoms with Crippen molar-refractivity contribution < 1.29 is 12.8 Å². The smallest absolute Gasteiger partial charge is 0.221 e. The van der Waals surface area contributed by atoms with Crippen LogP contribution in [0.4, 0.5) is 10.1 Å². The predicted octanol–water partition coefficient (Wildman–Crippen LogP) is 3.78. The fraction of sp³-hybridized carbons (Fsp3) is 0.440. The first-order valence-electron chi connectivity index (χ1n) is 11.9. The molecule has 0 radical (unpaired) electrons. The number of piperidine rings is 1. The molecule has 0 spiro atoms. The Bertz CT molecular complexity index is 1270. The van der Waals surface area contributed by atoms with Gasteiger partial charge < -0.3 is 9.47 Å². The molecule has 5 atom stereocenters. The van der Waals surface area contributed by atoms with Crippen LogP contribution < -0.4 is 4.90 Å². The zero-order valence-electron chi connectivity index (χ0n) is 19.0. The van der Waals surface area contributed by atoms with Crippen molar-refractivity contribution in [1.82, 2.24) is 19.1 Å². The Kier molecular flexibility index (Phi) is 5.22. The summed E-state index contributed by atoms with van der Waals surface area (Å²) in [5, 5.41) is 7.23. The molecule has 2 unspecified atom stereocenters. The lowest BCUT2D eigenvalue weighted by Crippen LogP contribution is -2.44. The highest BCUT2D eigenvalue weighted by molar-refractivity contribution is 7.89. The second-order valence-corrected chi connectivity index (χ2v) is 11.9. The average molecular weight is 482 g/mol. The number of benzene rings is 2. The van der Waals surface area contributed by atoms with Crippen molar-refractivity contribution in [1.29, 1.82) is 0 Å². The van der Waals surface area contributed by atoms with Crippen molar-refractivity contribution in [3.8, 4) is 0 Å². The van der Waals surface area contributed by atoms with Crippen molar-refractivity contribution in [3.05, 3.63) is 78.1 Å². The van der Waals surface area contributed by atoms with E-state index in [1.165, 1.54) is 6.07 Å². The molecule has 2 saturated heterocycles. The van der Waals surface area contributed by atoms with Gasteiger partial charge in [0.2, 0.25) is 10.0 Å². The van der Waals surface area contributed by atoms with Gasteiger partial charge in [-0.15, -0.1) is 10.2 Å². The van der Waals surface area contributed by atoms with Gasteiger partial charge in [-0.05, 0) is 43.0 Å². The van der Waals surface area contributed by atoms with Gasteiger partial charge in [-0.2, -0.15) is 4.31 Å². The summed E-state index contributed by atoms with van der Waals surface area (Å²) < 4.78 is 45.7. The van der Waals surface area contributed by atoms with Gasteiger partial charge in [0.1, 0.15) is 23.7 Å². The van der Waals surface area contributed by atoms with Gasteiger partial charge >= 0.3 is 0 Å². The minimum absolute atomic E-state index is 0.118. The molecule has 1 aromatic heterocycles. The van der Waals surface area contributed by atoms with Crippen LogP contribution in [0.25, 0.3) is 0 Å². The third-order valence-electron chi connectivity index (χ3n) is 7.82. The third-order valence-corrected chi connectivity index (χ3v) is 10.2. The summed E-state index contributed by atoms with van der Waals surface area (Å²) in [6.07, 6.45) is 4.88. The molecule has 7 nitrogen and oxygen atoms in total. The van der Waals surface area contributed by atoms with Crippen LogP contribution in [0.15, 0.2) is 61.2 Å². The number of sulfonamides is 1. The van der Waals surface area contributed by atoms with Crippen molar-refractivity contribution in [3.63, 3.8) is 0 Å². The van der Waals surface area contributed by atoms with E-state index in [1.807, 2.05) is 43.3 Å². The Labute approximate surface area is 199 Å². The summed E-state index contributed by atoms with van der Waals surface area (Å²) >= 11 is 0. The van der Waals surface area contributed by atoms with E-state index in [-0.39, 0.29) is 18.4 Å². The highest BCUT2D eigenvalue weighted by Crippen LogP contribution is 2.55. The SMILES string of the molecule is C[C@H]1CC[C@H](c2ccccc2)S(=O)(=O)N1Cc1ccc(N2CC3C(n4cnnc4)[C@H]3C2)c(F)c1. The molecule has 1 aliphatic carbocycles. The monoisotopic (exact) mass is 481 g/mol. The van der Waals surface area contributed by atoms with Crippen LogP contribution >= 0.6 is 0 Å². The van der Waals surface area contributed by atoms with Gasteiger partial charge in [-0.1, -0.05) is 36.4 Å². The summed E-state index contributed by atoms with van der Waals surface area (Å²) in [7, 11) is -3.54. The van der Waals surface area contributed by atoms with Gasteiger partial charge in [0.25, 0.3) is 0 Å². The Hall–Kier alpha value is -2.78. The van der Waals surface area contributed by atoms with Crippen LogP contribution in [0.5, 0.6) is 0 Å². The molecule has 3 aromatic rings. The first-order chi connectivity index (χ1) is 16.4. The minimum atomic E-state index is -3.54. The molecule has 0 amide bonds. The van der Waals surface area contributed by atoms with Crippen LogP contribution in [-0.2, 0) is 16.6 Å². The predicted molar refractivity (Wildman–Crippen MR) is 127 cm³/mol. The topological polar surface area (TPSA) is 71.3 Å². The maximum atomic E-state index is 15.2. The maximum Gasteiger partial charge on any atom is 0.221 e. The number of anilines is 1. The fourth-order valence-electron chi connectivity index (χ4n) is 5.93. The van der Waals surface area contributed by atoms with Crippen LogP contribution in [0.2, 0.25) is 0 Å². The second-order valence-electron chi connectivity index (χ2n) is 9.83. The van der Waals surface area contributed by atoms with Crippen LogP contribution in [-0.4, -0.2) is 46.6 Å². The van der Waals surface area contributed by atoms with E-state index in [1.54, 1.807) is 23.0 Å². The Balaban J connectivity index is 1.17. The van der Waals surface area contributed by atoms with E-state index in [0.29, 0.717) is 35.5 Å². The number of hydrogen-bond donors (Lipinski definition) is 0. The molecule has 0 N–H and O–H groups in total. The van der Waals surface area contributed by atoms with E-state index in [0.717, 1.165) is 25.1 Å². The largest absolute Gasteiger partial charge is 0.368 e. The van der Waals surface area contributed by atoms with Crippen LogP contribution in [0, 0.1) is 17.7 Å². The van der Waals surface area contributed by atoms with E-state index in [4.69, 9.17) is 0 Å². The van der Waals surface area contributed by atoms with Gasteiger partial charge in [-0.25, -0.2) is 12.8 Å². The molecule has 9 heteroatoms. The van der Waals surface area contributed by atoms with Crippen LogP contribution in [0.1, 0.15) is 42.2 Å². The van der Waals surface area contributed by atoms with Crippen molar-refractivity contribution in [2.24, 2.45) is 11.8 Å². The van der Waals surface area contributed by atoms with Crippen molar-refractivity contribution in [2.75, 3.05) is 18.0 Å². The normalized spacial score (nSPS) is 30.3. The number of halogens is 1. The lowest BCUT2D eigenvalue weighted by molar-refractivity contribution is 0.281. The van der Waals surface area contributed by atoms with E-state index in [9.17, 15) is 8.42 Å². The molecule has 2 aliphatic heterocycles. The molecule has 34 heavy (non-hydrogen) atoms. The molecule has 3 aliphatic rings. The maximum absolute atomic E-state index is 15.2. The standard InChI is InChI=1S/C25H28FN5O2S/c1-17-7-10-24(19-5-3-2-4-6-19)34(32,33)31(17)12-18-8-9-23(22(26)11-18)29-13-20-21(14-29)25(20)30-15-27-28-16-30/h2-6,8-9,11,15-17,20-21,24-25H,7,10,12-14H2,1H3/t17-,20-,21?,24+,25?/m0/s1. The summed E-state index contributed by atoms with van der Waals surface area (Å²) in [6.45, 7) is 3.73. The molecule has 0 bridgehead atoms. The molecule has 2 aromatic carbocycles. The summed E-state index contributed by atoms with van der Waals surface area (Å²) in [5.41, 5.74) is 2.09. The zero-order valence-corrected chi connectivity index (χ0v) is 19.9. The number of fused-ring (bicyclic) bond motifs is 1. The van der Waals surface area contributed by atoms with Crippen LogP contribution in [0.3, 0.4) is 0 Å². The van der Waals surface area contributed by atoms with Gasteiger partial charge in [-0.3, -0.25) is 0 Å². The highest BCUT2D eigenvalue weighted by Gasteiger charge is 2.57. The zero-order chi connectivity index (χ0) is 23.4. The van der Waals surface area contributed by atoms with Gasteiger partial charge in [0.15, 0.2) is 0 Å². The molecule has 6 rings (SSSR count). The molecule has 3 heterocycles. The Morgan fingerprint density at radius 2 is 1.71 bits per heavy atom. The van der Waals surface area contributed by atoms with Crippen molar-refractivity contribution >= 4 is 15.7 Å². The molecule has 3 fully saturated rings. The van der Waals surface area contributed by atoms with E-state index >= 15 is 4.39 Å².